The lowest BCUT2D eigenvalue weighted by Gasteiger charge is -2.43. The van der Waals surface area contributed by atoms with Crippen LogP contribution in [0.25, 0.3) is 0 Å². The first-order valence-corrected chi connectivity index (χ1v) is 7.75. The van der Waals surface area contributed by atoms with E-state index in [1.807, 2.05) is 11.7 Å². The Hall–Kier alpha value is -0.910. The summed E-state index contributed by atoms with van der Waals surface area (Å²) < 4.78 is 1.90. The summed E-state index contributed by atoms with van der Waals surface area (Å²) >= 11 is 0. The molecule has 0 bridgehead atoms. The number of fused-ring (bicyclic) bond motifs is 1. The first-order valence-electron chi connectivity index (χ1n) is 7.75. The van der Waals surface area contributed by atoms with E-state index in [0.717, 1.165) is 37.8 Å². The maximum atomic E-state index is 9.34. The van der Waals surface area contributed by atoms with Gasteiger partial charge < -0.3 is 5.11 Å². The molecule has 20 heavy (non-hydrogen) atoms. The lowest BCUT2D eigenvalue weighted by atomic mass is 10.0. The Labute approximate surface area is 121 Å². The van der Waals surface area contributed by atoms with Gasteiger partial charge in [-0.3, -0.25) is 14.5 Å². The molecule has 0 spiro atoms. The highest BCUT2D eigenvalue weighted by atomic mass is 16.3. The van der Waals surface area contributed by atoms with Gasteiger partial charge in [0.2, 0.25) is 0 Å². The number of aryl methyl sites for hydroxylation is 2. The number of nitrogens with zero attached hydrogens (tertiary/aromatic N) is 4. The van der Waals surface area contributed by atoms with E-state index in [1.165, 1.54) is 24.9 Å². The molecular weight excluding hydrogens is 252 g/mol. The molecule has 2 saturated heterocycles. The number of hydrogen-bond acceptors (Lipinski definition) is 4. The minimum atomic E-state index is 0.283. The van der Waals surface area contributed by atoms with Crippen molar-refractivity contribution in [2.75, 3.05) is 26.2 Å². The summed E-state index contributed by atoms with van der Waals surface area (Å²) in [6, 6.07) is 1.20. The van der Waals surface area contributed by atoms with Crippen LogP contribution in [0, 0.1) is 6.92 Å². The van der Waals surface area contributed by atoms with E-state index < -0.39 is 0 Å². The van der Waals surface area contributed by atoms with Gasteiger partial charge in [0, 0.05) is 57.1 Å². The van der Waals surface area contributed by atoms with Crippen molar-refractivity contribution in [2.24, 2.45) is 7.05 Å². The number of aliphatic hydroxyl groups excluding tert-OH is 1. The number of rotatable bonds is 4. The summed E-state index contributed by atoms with van der Waals surface area (Å²) in [5.41, 5.74) is 2.45. The van der Waals surface area contributed by atoms with Crippen LogP contribution in [-0.2, 0) is 13.6 Å². The van der Waals surface area contributed by atoms with Crippen molar-refractivity contribution < 1.29 is 5.11 Å². The van der Waals surface area contributed by atoms with E-state index >= 15 is 0 Å². The summed E-state index contributed by atoms with van der Waals surface area (Å²) in [7, 11) is 1.98. The monoisotopic (exact) mass is 278 g/mol. The van der Waals surface area contributed by atoms with Gasteiger partial charge in [0.05, 0.1) is 5.69 Å². The van der Waals surface area contributed by atoms with Gasteiger partial charge in [-0.15, -0.1) is 0 Å². The van der Waals surface area contributed by atoms with Crippen LogP contribution in [0.2, 0.25) is 0 Å². The molecule has 2 atom stereocenters. The van der Waals surface area contributed by atoms with E-state index in [0.29, 0.717) is 6.04 Å². The van der Waals surface area contributed by atoms with Gasteiger partial charge in [-0.2, -0.15) is 5.10 Å². The largest absolute Gasteiger partial charge is 0.396 e. The minimum Gasteiger partial charge on any atom is -0.396 e. The summed E-state index contributed by atoms with van der Waals surface area (Å²) in [5, 5.41) is 13.8. The van der Waals surface area contributed by atoms with Gasteiger partial charge in [0.1, 0.15) is 0 Å². The predicted molar refractivity (Wildman–Crippen MR) is 78.4 cm³/mol. The molecule has 112 valence electrons. The van der Waals surface area contributed by atoms with E-state index in [-0.39, 0.29) is 6.61 Å². The van der Waals surface area contributed by atoms with E-state index in [9.17, 15) is 5.11 Å². The molecule has 0 saturated carbocycles. The Balaban J connectivity index is 1.73. The van der Waals surface area contributed by atoms with Gasteiger partial charge in [0.15, 0.2) is 0 Å². The zero-order chi connectivity index (χ0) is 14.1. The SMILES string of the molecule is Cc1nn(C)cc1CN1CC2CCCN2C[C@@H]1CCO. The normalized spacial score (nSPS) is 27.9. The Morgan fingerprint density at radius 1 is 1.40 bits per heavy atom. The van der Waals surface area contributed by atoms with Gasteiger partial charge in [-0.25, -0.2) is 0 Å². The molecule has 0 radical (unpaired) electrons. The van der Waals surface area contributed by atoms with Crippen molar-refractivity contribution in [1.82, 2.24) is 19.6 Å². The Bertz CT molecular complexity index is 459. The topological polar surface area (TPSA) is 44.5 Å². The zero-order valence-electron chi connectivity index (χ0n) is 12.6. The molecule has 0 aromatic carbocycles. The highest BCUT2D eigenvalue weighted by molar-refractivity contribution is 5.15. The zero-order valence-corrected chi connectivity index (χ0v) is 12.6. The number of aromatic nitrogens is 2. The van der Waals surface area contributed by atoms with Crippen LogP contribution in [-0.4, -0.2) is 63.0 Å². The molecule has 2 aliphatic rings. The van der Waals surface area contributed by atoms with Gasteiger partial charge >= 0.3 is 0 Å². The summed E-state index contributed by atoms with van der Waals surface area (Å²) in [4.78, 5) is 5.18. The highest BCUT2D eigenvalue weighted by Crippen LogP contribution is 2.27. The van der Waals surface area contributed by atoms with Gasteiger partial charge in [-0.05, 0) is 32.7 Å². The number of hydrogen-bond donors (Lipinski definition) is 1. The quantitative estimate of drug-likeness (QED) is 0.883. The lowest BCUT2D eigenvalue weighted by molar-refractivity contribution is 0.0332. The fourth-order valence-corrected chi connectivity index (χ4v) is 3.79. The van der Waals surface area contributed by atoms with Crippen molar-refractivity contribution in [3.63, 3.8) is 0 Å². The van der Waals surface area contributed by atoms with E-state index in [2.05, 4.69) is 28.0 Å². The molecule has 0 amide bonds. The molecule has 3 rings (SSSR count). The summed E-state index contributed by atoms with van der Waals surface area (Å²) in [6.07, 6.45) is 5.67. The molecule has 1 aromatic rings. The Kier molecular flexibility index (Phi) is 4.10. The second-order valence-electron chi connectivity index (χ2n) is 6.30. The van der Waals surface area contributed by atoms with Crippen LogP contribution < -0.4 is 0 Å². The third-order valence-corrected chi connectivity index (χ3v) is 4.86. The first-order chi connectivity index (χ1) is 9.67. The standard InChI is InChI=1S/C15H26N4O/c1-12-13(8-17(2)16-12)9-19-11-14-4-3-6-18(14)10-15(19)5-7-20/h8,14-15,20H,3-7,9-11H2,1-2H3/t14?,15-/m0/s1. The smallest absolute Gasteiger partial charge is 0.0638 e. The van der Waals surface area contributed by atoms with Gasteiger partial charge in [0.25, 0.3) is 0 Å². The van der Waals surface area contributed by atoms with Crippen molar-refractivity contribution in [1.29, 1.82) is 0 Å². The van der Waals surface area contributed by atoms with Crippen molar-refractivity contribution in [3.8, 4) is 0 Å². The molecule has 5 nitrogen and oxygen atoms in total. The molecule has 1 unspecified atom stereocenters. The van der Waals surface area contributed by atoms with Crippen LogP contribution in [0.5, 0.6) is 0 Å². The average Bonchev–Trinajstić information content (AvgIpc) is 2.97. The van der Waals surface area contributed by atoms with Crippen LogP contribution in [0.15, 0.2) is 6.20 Å². The third-order valence-electron chi connectivity index (χ3n) is 4.86. The maximum Gasteiger partial charge on any atom is 0.0638 e. The fraction of sp³-hybridized carbons (Fsp3) is 0.800. The van der Waals surface area contributed by atoms with Crippen molar-refractivity contribution in [3.05, 3.63) is 17.5 Å². The molecule has 0 aliphatic carbocycles. The van der Waals surface area contributed by atoms with Crippen LogP contribution in [0.3, 0.4) is 0 Å². The second kappa shape index (κ2) is 5.84. The predicted octanol–water partition coefficient (Wildman–Crippen LogP) is 0.760. The summed E-state index contributed by atoms with van der Waals surface area (Å²) in [6.45, 7) is 6.83. The van der Waals surface area contributed by atoms with E-state index in [1.54, 1.807) is 0 Å². The molecule has 2 aliphatic heterocycles. The second-order valence-corrected chi connectivity index (χ2v) is 6.30. The first kappa shape index (κ1) is 14.0. The van der Waals surface area contributed by atoms with Crippen LogP contribution in [0.4, 0.5) is 0 Å². The number of piperazine rings is 1. The fourth-order valence-electron chi connectivity index (χ4n) is 3.79. The minimum absolute atomic E-state index is 0.283. The molecule has 3 heterocycles. The molecular formula is C15H26N4O. The molecule has 5 heteroatoms. The number of aliphatic hydroxyl groups is 1. The molecule has 1 aromatic heterocycles. The maximum absolute atomic E-state index is 9.34. The highest BCUT2D eigenvalue weighted by Gasteiger charge is 2.36. The van der Waals surface area contributed by atoms with Crippen LogP contribution >= 0.6 is 0 Å². The third kappa shape index (κ3) is 2.75. The Morgan fingerprint density at radius 2 is 2.25 bits per heavy atom. The Morgan fingerprint density at radius 3 is 2.95 bits per heavy atom. The molecule has 1 N–H and O–H groups in total. The summed E-state index contributed by atoms with van der Waals surface area (Å²) in [5.74, 6) is 0. The van der Waals surface area contributed by atoms with Crippen LogP contribution in [0.1, 0.15) is 30.5 Å². The van der Waals surface area contributed by atoms with E-state index in [4.69, 9.17) is 0 Å². The van der Waals surface area contributed by atoms with Crippen molar-refractivity contribution >= 4 is 0 Å². The molecule has 2 fully saturated rings. The van der Waals surface area contributed by atoms with Crippen molar-refractivity contribution in [2.45, 2.75) is 44.8 Å². The van der Waals surface area contributed by atoms with Gasteiger partial charge in [-0.1, -0.05) is 0 Å². The average molecular weight is 278 g/mol. The lowest BCUT2D eigenvalue weighted by Crippen LogP contribution is -2.55.